The van der Waals surface area contributed by atoms with E-state index < -0.39 is 0 Å². The maximum atomic E-state index is 7.01. The maximum absolute atomic E-state index is 7.01. The molecule has 0 bridgehead atoms. The smallest absolute Gasteiger partial charge is 0.164 e. The highest BCUT2D eigenvalue weighted by molar-refractivity contribution is 5.92. The molecule has 3 heterocycles. The van der Waals surface area contributed by atoms with Crippen molar-refractivity contribution in [1.82, 2.24) is 19.5 Å². The van der Waals surface area contributed by atoms with E-state index in [0.29, 0.717) is 17.5 Å². The number of rotatable bonds is 8. The van der Waals surface area contributed by atoms with E-state index in [4.69, 9.17) is 19.7 Å². The molecule has 9 aromatic carbocycles. The van der Waals surface area contributed by atoms with Gasteiger partial charge in [0.2, 0.25) is 0 Å². The lowest BCUT2D eigenvalue weighted by molar-refractivity contribution is 0.224. The highest BCUT2D eigenvalue weighted by Gasteiger charge is 2.40. The van der Waals surface area contributed by atoms with Gasteiger partial charge in [-0.1, -0.05) is 188 Å². The summed E-state index contributed by atoms with van der Waals surface area (Å²) in [4.78, 5) is 15.6. The predicted molar refractivity (Wildman–Crippen MR) is 276 cm³/mol. The summed E-state index contributed by atoms with van der Waals surface area (Å²) in [5.74, 6) is 2.71. The van der Waals surface area contributed by atoms with Crippen LogP contribution in [0.2, 0.25) is 0 Å². The van der Waals surface area contributed by atoms with Gasteiger partial charge < -0.3 is 9.30 Å². The minimum Gasteiger partial charge on any atom is -0.484 e. The molecule has 2 aliphatic rings. The molecule has 0 amide bonds. The number of aromatic nitrogens is 4. The third-order valence-corrected chi connectivity index (χ3v) is 13.4. The molecule has 2 unspecified atom stereocenters. The quantitative estimate of drug-likeness (QED) is 0.153. The second kappa shape index (κ2) is 16.5. The van der Waals surface area contributed by atoms with Crippen LogP contribution >= 0.6 is 0 Å². The Morgan fingerprint density at radius 1 is 0.368 bits per heavy atom. The summed E-state index contributed by atoms with van der Waals surface area (Å²) in [5.41, 5.74) is 17.7. The predicted octanol–water partition coefficient (Wildman–Crippen LogP) is 15.7. The Morgan fingerprint density at radius 2 is 0.809 bits per heavy atom. The number of ether oxygens (including phenoxy) is 1. The molecule has 0 saturated heterocycles. The van der Waals surface area contributed by atoms with Gasteiger partial charge in [0, 0.05) is 44.8 Å². The third-order valence-electron chi connectivity index (χ3n) is 13.4. The van der Waals surface area contributed by atoms with Gasteiger partial charge in [-0.05, 0) is 99.1 Å². The van der Waals surface area contributed by atoms with Crippen molar-refractivity contribution in [3.8, 4) is 90.1 Å². The molecule has 1 aliphatic carbocycles. The highest BCUT2D eigenvalue weighted by Crippen LogP contribution is 2.53. The summed E-state index contributed by atoms with van der Waals surface area (Å²) in [6.45, 7) is 0. The third kappa shape index (κ3) is 7.00. The number of fused-ring (bicyclic) bond motifs is 7. The molecule has 0 N–H and O–H groups in total. The molecule has 0 saturated carbocycles. The lowest BCUT2D eigenvalue weighted by atomic mass is 9.85. The lowest BCUT2D eigenvalue weighted by Crippen LogP contribution is -2.13. The van der Waals surface area contributed by atoms with Crippen LogP contribution in [-0.4, -0.2) is 19.5 Å². The van der Waals surface area contributed by atoms with E-state index >= 15 is 0 Å². The van der Waals surface area contributed by atoms with E-state index in [-0.39, 0.29) is 12.0 Å². The molecule has 5 heteroatoms. The molecule has 1 aliphatic heterocycles. The number of hydrogen-bond donors (Lipinski definition) is 0. The van der Waals surface area contributed by atoms with Crippen LogP contribution in [0.25, 0.3) is 101 Å². The van der Waals surface area contributed by atoms with E-state index in [9.17, 15) is 0 Å². The second-order valence-electron chi connectivity index (χ2n) is 17.5. The number of para-hydroxylation sites is 1. The van der Waals surface area contributed by atoms with Gasteiger partial charge in [-0.3, -0.25) is 0 Å². The minimum absolute atomic E-state index is 0.00273. The first kappa shape index (κ1) is 39.4. The van der Waals surface area contributed by atoms with E-state index in [0.717, 1.165) is 67.2 Å². The number of nitrogens with zero attached hydrogens (tertiary/aromatic N) is 4. The first-order valence-corrected chi connectivity index (χ1v) is 23.2. The Morgan fingerprint density at radius 3 is 1.41 bits per heavy atom. The van der Waals surface area contributed by atoms with Crippen molar-refractivity contribution < 1.29 is 4.74 Å². The Kier molecular flexibility index (Phi) is 9.57. The largest absolute Gasteiger partial charge is 0.484 e. The van der Waals surface area contributed by atoms with Gasteiger partial charge in [0.15, 0.2) is 17.5 Å². The standard InChI is InChI=1S/C63H42N4O/c1-4-15-41(16-5-1)44-29-31-45(32-30-44)48-23-14-26-52(39-48)67-56-28-11-10-27-54(56)59-57(67)35-34-53-55-40-51(33-36-58(55)68-60(53)59)63-65-61(49-24-12-21-46(37-49)42-17-6-2-7-18-42)64-62(66-63)50-25-13-22-47(38-50)43-19-8-3-9-20-43/h1-40,53,60H. The fourth-order valence-corrected chi connectivity index (χ4v) is 10.1. The van der Waals surface area contributed by atoms with Crippen molar-refractivity contribution >= 4 is 17.0 Å². The van der Waals surface area contributed by atoms with Crippen molar-refractivity contribution in [3.63, 3.8) is 0 Å². The maximum Gasteiger partial charge on any atom is 0.164 e. The molecule has 0 fully saturated rings. The molecule has 2 aromatic heterocycles. The second-order valence-corrected chi connectivity index (χ2v) is 17.5. The van der Waals surface area contributed by atoms with Gasteiger partial charge >= 0.3 is 0 Å². The van der Waals surface area contributed by atoms with Crippen LogP contribution in [0.15, 0.2) is 237 Å². The summed E-state index contributed by atoms with van der Waals surface area (Å²) in [6, 6.07) is 81.1. The van der Waals surface area contributed by atoms with Crippen molar-refractivity contribution in [2.75, 3.05) is 0 Å². The van der Waals surface area contributed by atoms with Crippen LogP contribution in [0, 0.1) is 0 Å². The Bertz CT molecular complexity index is 3610. The van der Waals surface area contributed by atoms with Gasteiger partial charge in [0.05, 0.1) is 11.2 Å². The zero-order valence-electron chi connectivity index (χ0n) is 36.9. The highest BCUT2D eigenvalue weighted by atomic mass is 16.5. The molecule has 2 atom stereocenters. The Labute approximate surface area is 395 Å². The van der Waals surface area contributed by atoms with Crippen LogP contribution in [0.3, 0.4) is 0 Å². The minimum atomic E-state index is -0.203. The van der Waals surface area contributed by atoms with Crippen molar-refractivity contribution in [1.29, 1.82) is 0 Å². The summed E-state index contributed by atoms with van der Waals surface area (Å²) in [5, 5.41) is 1.19. The zero-order chi connectivity index (χ0) is 45.0. The molecule has 5 nitrogen and oxygen atoms in total. The van der Waals surface area contributed by atoms with E-state index in [1.165, 1.54) is 33.2 Å². The average molecular weight is 871 g/mol. The van der Waals surface area contributed by atoms with Crippen LogP contribution in [-0.2, 0) is 0 Å². The monoisotopic (exact) mass is 870 g/mol. The summed E-state index contributed by atoms with van der Waals surface area (Å²) in [7, 11) is 0. The molecule has 68 heavy (non-hydrogen) atoms. The first-order chi connectivity index (χ1) is 33.7. The fraction of sp³-hybridized carbons (Fsp3) is 0.0317. The summed E-state index contributed by atoms with van der Waals surface area (Å²) in [6.07, 6.45) is 4.41. The summed E-state index contributed by atoms with van der Waals surface area (Å²) >= 11 is 0. The normalized spacial score (nSPS) is 14.5. The topological polar surface area (TPSA) is 52.8 Å². The van der Waals surface area contributed by atoms with E-state index in [2.05, 4.69) is 235 Å². The van der Waals surface area contributed by atoms with E-state index in [1.54, 1.807) is 0 Å². The van der Waals surface area contributed by atoms with Gasteiger partial charge in [-0.15, -0.1) is 0 Å². The molecule has 13 rings (SSSR count). The molecular formula is C63H42N4O. The van der Waals surface area contributed by atoms with Gasteiger partial charge in [-0.2, -0.15) is 0 Å². The molecule has 0 spiro atoms. The van der Waals surface area contributed by atoms with Crippen molar-refractivity contribution in [2.24, 2.45) is 0 Å². The molecule has 11 aromatic rings. The van der Waals surface area contributed by atoms with Crippen LogP contribution in [0.4, 0.5) is 0 Å². The molecule has 320 valence electrons. The van der Waals surface area contributed by atoms with Crippen molar-refractivity contribution in [3.05, 3.63) is 253 Å². The van der Waals surface area contributed by atoms with Gasteiger partial charge in [0.1, 0.15) is 11.9 Å². The Balaban J connectivity index is 0.880. The lowest BCUT2D eigenvalue weighted by Gasteiger charge is -2.22. The SMILES string of the molecule is C1=CC2c3cc(-c4nc(-c5cccc(-c6ccccc6)c5)nc(-c5cccc(-c6ccccc6)c5)n4)ccc3OC2c2c1n(-c1cccc(-c3ccc(-c4ccccc4)cc3)c1)c1ccccc21. The van der Waals surface area contributed by atoms with Crippen LogP contribution in [0.1, 0.15) is 28.8 Å². The number of hydrogen-bond acceptors (Lipinski definition) is 4. The van der Waals surface area contributed by atoms with Crippen LogP contribution < -0.4 is 4.74 Å². The first-order valence-electron chi connectivity index (χ1n) is 23.2. The van der Waals surface area contributed by atoms with E-state index in [1.807, 2.05) is 12.1 Å². The van der Waals surface area contributed by atoms with Gasteiger partial charge in [-0.25, -0.2) is 15.0 Å². The van der Waals surface area contributed by atoms with Gasteiger partial charge in [0.25, 0.3) is 0 Å². The van der Waals surface area contributed by atoms with Crippen LogP contribution in [0.5, 0.6) is 5.75 Å². The Hall–Kier alpha value is -8.93. The molecular weight excluding hydrogens is 829 g/mol. The van der Waals surface area contributed by atoms with Crippen molar-refractivity contribution in [2.45, 2.75) is 12.0 Å². The molecule has 0 radical (unpaired) electrons. The average Bonchev–Trinajstić information content (AvgIpc) is 3.97. The fourth-order valence-electron chi connectivity index (χ4n) is 10.1. The number of benzene rings is 9. The summed E-state index contributed by atoms with van der Waals surface area (Å²) < 4.78 is 9.40. The zero-order valence-corrected chi connectivity index (χ0v) is 36.9.